The van der Waals surface area contributed by atoms with E-state index in [2.05, 4.69) is 48.5 Å². The number of benzene rings is 1. The number of hydrogen-bond donors (Lipinski definition) is 1. The highest BCUT2D eigenvalue weighted by Crippen LogP contribution is 2.25. The van der Waals surface area contributed by atoms with E-state index in [1.807, 2.05) is 30.3 Å². The number of unbranched alkanes of at least 4 members (excludes halogenated alkanes) is 6. The van der Waals surface area contributed by atoms with Gasteiger partial charge in [0.2, 0.25) is 0 Å². The van der Waals surface area contributed by atoms with Crippen molar-refractivity contribution in [2.75, 3.05) is 33.0 Å². The van der Waals surface area contributed by atoms with Crippen molar-refractivity contribution >= 4 is 5.97 Å². The van der Waals surface area contributed by atoms with Crippen molar-refractivity contribution in [3.05, 3.63) is 83.7 Å². The summed E-state index contributed by atoms with van der Waals surface area (Å²) >= 11 is 0. The molecule has 1 N–H and O–H groups in total. The first kappa shape index (κ1) is 47.6. The Kier molecular flexibility index (Phi) is 49.2. The van der Waals surface area contributed by atoms with Crippen LogP contribution in [-0.2, 0) is 35.1 Å². The first-order valence-electron chi connectivity index (χ1n) is 13.1. The topological polar surface area (TPSA) is 155 Å². The minimum Gasteiger partial charge on any atom is -0.478 e. The first-order chi connectivity index (χ1) is 19.0. The molecule has 9 nitrogen and oxygen atoms in total. The van der Waals surface area contributed by atoms with Gasteiger partial charge in [-0.3, -0.25) is 0 Å². The summed E-state index contributed by atoms with van der Waals surface area (Å²) in [7, 11) is 0. The van der Waals surface area contributed by atoms with Crippen molar-refractivity contribution in [3.8, 4) is 5.75 Å². The largest absolute Gasteiger partial charge is 0.478 e. The summed E-state index contributed by atoms with van der Waals surface area (Å²) in [4.78, 5) is 11.0. The zero-order chi connectivity index (χ0) is 32.1. The molecule has 1 aromatic carbocycles. The van der Waals surface area contributed by atoms with E-state index in [1.54, 1.807) is 0 Å². The van der Waals surface area contributed by atoms with Crippen LogP contribution in [0.2, 0.25) is 0 Å². The van der Waals surface area contributed by atoms with Crippen LogP contribution in [0.1, 0.15) is 65.2 Å². The molecule has 229 valence electrons. The Hall–Kier alpha value is -2.17. The Bertz CT molecular complexity index is 598. The van der Waals surface area contributed by atoms with Gasteiger partial charge in [0, 0.05) is 13.3 Å². The molecular formula is C31H51O9. The summed E-state index contributed by atoms with van der Waals surface area (Å²) in [6.45, 7) is 21.2. The summed E-state index contributed by atoms with van der Waals surface area (Å²) in [6.07, 6.45) is 10.1. The molecule has 0 heterocycles. The van der Waals surface area contributed by atoms with Crippen LogP contribution >= 0.6 is 0 Å². The fraction of sp³-hybridized carbons (Fsp3) is 0.516. The Balaban J connectivity index is -0.000000226. The van der Waals surface area contributed by atoms with Crippen LogP contribution in [0.4, 0.5) is 0 Å². The van der Waals surface area contributed by atoms with Gasteiger partial charge >= 0.3 is 5.97 Å². The van der Waals surface area contributed by atoms with E-state index in [-0.39, 0.29) is 38.6 Å². The van der Waals surface area contributed by atoms with Crippen LogP contribution in [-0.4, -0.2) is 49.9 Å². The van der Waals surface area contributed by atoms with Crippen LogP contribution in [0.5, 0.6) is 5.75 Å². The van der Waals surface area contributed by atoms with Crippen LogP contribution in [0.3, 0.4) is 0 Å². The first-order valence-corrected chi connectivity index (χ1v) is 13.1. The van der Waals surface area contributed by atoms with E-state index >= 15 is 0 Å². The van der Waals surface area contributed by atoms with Crippen molar-refractivity contribution < 1.29 is 44.9 Å². The maximum Gasteiger partial charge on any atom is 0.334 e. The molecule has 0 aromatic heterocycles. The van der Waals surface area contributed by atoms with Crippen molar-refractivity contribution in [2.45, 2.75) is 71.0 Å². The van der Waals surface area contributed by atoms with Gasteiger partial charge in [-0.2, -0.15) is 0 Å². The Morgan fingerprint density at radius 3 is 1.52 bits per heavy atom. The third-order valence-corrected chi connectivity index (χ3v) is 4.00. The molecule has 1 aromatic rings. The monoisotopic (exact) mass is 567 g/mol. The average Bonchev–Trinajstić information content (AvgIpc) is 2.90. The number of para-hydroxylation sites is 1. The quantitative estimate of drug-likeness (QED) is 0.118. The van der Waals surface area contributed by atoms with Gasteiger partial charge in [-0.15, -0.1) is 0 Å². The molecule has 1 unspecified atom stereocenters. The van der Waals surface area contributed by atoms with Gasteiger partial charge in [0.1, 0.15) is 5.75 Å². The van der Waals surface area contributed by atoms with Gasteiger partial charge < -0.3 is 14.6 Å². The highest BCUT2D eigenvalue weighted by atomic mass is 16.7. The summed E-state index contributed by atoms with van der Waals surface area (Å²) < 4.78 is 11.5. The van der Waals surface area contributed by atoms with Gasteiger partial charge in [0.05, 0.1) is 44.9 Å². The number of aliphatic carboxylic acids is 1. The van der Waals surface area contributed by atoms with Gasteiger partial charge in [0.25, 0.3) is 5.79 Å². The summed E-state index contributed by atoms with van der Waals surface area (Å²) in [5.74, 6) is -1.48. The lowest BCUT2D eigenvalue weighted by molar-refractivity contribution is -0.134. The summed E-state index contributed by atoms with van der Waals surface area (Å²) in [5.41, 5.74) is 0.115. The lowest BCUT2D eigenvalue weighted by Gasteiger charge is -2.30. The fourth-order valence-electron chi connectivity index (χ4n) is 2.43. The van der Waals surface area contributed by atoms with E-state index in [0.717, 1.165) is 12.8 Å². The smallest absolute Gasteiger partial charge is 0.334 e. The molecule has 9 heteroatoms. The van der Waals surface area contributed by atoms with Gasteiger partial charge in [-0.1, -0.05) is 63.6 Å². The lowest BCUT2D eigenvalue weighted by Crippen LogP contribution is -2.34. The average molecular weight is 568 g/mol. The maximum absolute atomic E-state index is 11.0. The summed E-state index contributed by atoms with van der Waals surface area (Å²) in [5, 5.41) is 53.1. The minimum absolute atomic E-state index is 0.115. The normalized spacial score (nSPS) is 11.0. The predicted octanol–water partition coefficient (Wildman–Crippen LogP) is 7.00. The van der Waals surface area contributed by atoms with Crippen molar-refractivity contribution in [2.24, 2.45) is 0 Å². The van der Waals surface area contributed by atoms with Crippen molar-refractivity contribution in [1.82, 2.24) is 0 Å². The maximum atomic E-state index is 11.0. The van der Waals surface area contributed by atoms with E-state index in [1.165, 1.54) is 45.3 Å². The van der Waals surface area contributed by atoms with Crippen LogP contribution in [0.15, 0.2) is 42.2 Å². The number of carbonyl (C=O) groups is 1. The van der Waals surface area contributed by atoms with E-state index in [9.17, 15) is 4.79 Å². The minimum atomic E-state index is -1.12. The third-order valence-electron chi connectivity index (χ3n) is 4.00. The molecule has 0 bridgehead atoms. The number of rotatable bonds is 13. The van der Waals surface area contributed by atoms with E-state index in [0.29, 0.717) is 12.2 Å². The zero-order valence-corrected chi connectivity index (χ0v) is 24.6. The molecule has 0 amide bonds. The molecule has 0 saturated heterocycles. The molecule has 1 rings (SSSR count). The van der Waals surface area contributed by atoms with E-state index < -0.39 is 11.8 Å². The molecule has 0 spiro atoms. The van der Waals surface area contributed by atoms with Crippen LogP contribution < -0.4 is 4.74 Å². The van der Waals surface area contributed by atoms with Gasteiger partial charge in [-0.25, -0.2) is 30.3 Å². The molecule has 0 aliphatic carbocycles. The zero-order valence-electron chi connectivity index (χ0n) is 24.6. The van der Waals surface area contributed by atoms with Gasteiger partial charge in [0.15, 0.2) is 0 Å². The molecule has 11 radical (unpaired) electrons. The SMILES string of the molecule is [CH2]C(CCCCCCCCC)(OC=C(C)C(=O)O)Oc1ccccc1.[CH2]C[O].[CH2]C[O].[CH2]C[O].[CH2]C[O].[CH2]C[O]. The molecule has 0 saturated carbocycles. The fourth-order valence-corrected chi connectivity index (χ4v) is 2.43. The van der Waals surface area contributed by atoms with Crippen molar-refractivity contribution in [3.63, 3.8) is 0 Å². The molecule has 0 fully saturated rings. The standard InChI is InChI=1S/C21H31O4.5C2H4O/c1-4-5-6-7-8-9-13-16-21(3,24-17-18(2)20(22)23)25-19-14-11-10-12-15-19;5*1-2-3/h10-12,14-15,17H,3-9,13,16H2,1-2H3,(H,22,23);5*1-2H2. The van der Waals surface area contributed by atoms with E-state index in [4.69, 9.17) is 40.1 Å². The van der Waals surface area contributed by atoms with Gasteiger partial charge in [-0.05, 0) is 60.1 Å². The highest BCUT2D eigenvalue weighted by molar-refractivity contribution is 5.85. The molecule has 1 atom stereocenters. The number of hydrogen-bond acceptors (Lipinski definition) is 3. The highest BCUT2D eigenvalue weighted by Gasteiger charge is 2.27. The number of carboxylic acid groups (broad SMARTS) is 1. The Labute approximate surface area is 244 Å². The number of ether oxygens (including phenoxy) is 2. The van der Waals surface area contributed by atoms with Crippen molar-refractivity contribution in [1.29, 1.82) is 0 Å². The lowest BCUT2D eigenvalue weighted by atomic mass is 10.1. The molecule has 40 heavy (non-hydrogen) atoms. The number of carboxylic acids is 1. The predicted molar refractivity (Wildman–Crippen MR) is 155 cm³/mol. The second-order valence-electron chi connectivity index (χ2n) is 7.44. The second kappa shape index (κ2) is 41.3. The molecule has 0 aliphatic heterocycles. The molecule has 0 aliphatic rings. The Morgan fingerprint density at radius 2 is 1.15 bits per heavy atom. The summed E-state index contributed by atoms with van der Waals surface area (Å²) in [6, 6.07) is 9.33. The third kappa shape index (κ3) is 45.7. The second-order valence-corrected chi connectivity index (χ2v) is 7.44. The molecular weight excluding hydrogens is 516 g/mol. The van der Waals surface area contributed by atoms with Crippen LogP contribution in [0.25, 0.3) is 0 Å². The Morgan fingerprint density at radius 1 is 0.775 bits per heavy atom. The van der Waals surface area contributed by atoms with Crippen LogP contribution in [0, 0.1) is 41.5 Å².